The summed E-state index contributed by atoms with van der Waals surface area (Å²) in [6, 6.07) is 1.54. The summed E-state index contributed by atoms with van der Waals surface area (Å²) in [7, 11) is 0. The summed E-state index contributed by atoms with van der Waals surface area (Å²) in [5.41, 5.74) is 2.79. The van der Waals surface area contributed by atoms with Gasteiger partial charge in [-0.1, -0.05) is 47.0 Å². The van der Waals surface area contributed by atoms with Crippen molar-refractivity contribution in [1.29, 1.82) is 0 Å². The molecule has 1 N–H and O–H groups in total. The molecule has 1 aliphatic rings. The number of nitrogens with one attached hydrogen (secondary N) is 1. The summed E-state index contributed by atoms with van der Waals surface area (Å²) in [6.07, 6.45) is 9.48. The van der Waals surface area contributed by atoms with E-state index in [-0.39, 0.29) is 5.15 Å². The van der Waals surface area contributed by atoms with Crippen LogP contribution in [0.3, 0.4) is 0 Å². The van der Waals surface area contributed by atoms with Crippen molar-refractivity contribution in [2.24, 2.45) is 11.0 Å². The van der Waals surface area contributed by atoms with Crippen molar-refractivity contribution < 1.29 is 0 Å². The highest BCUT2D eigenvalue weighted by Crippen LogP contribution is 2.28. The third kappa shape index (κ3) is 3.61. The minimum absolute atomic E-state index is 0.208. The molecule has 1 aromatic heterocycles. The van der Waals surface area contributed by atoms with Crippen LogP contribution in [0, 0.1) is 5.92 Å². The van der Waals surface area contributed by atoms with Gasteiger partial charge in [0, 0.05) is 6.21 Å². The van der Waals surface area contributed by atoms with Crippen molar-refractivity contribution in [3.05, 3.63) is 33.4 Å². The molecule has 6 heteroatoms. The van der Waals surface area contributed by atoms with Crippen LogP contribution in [0.5, 0.6) is 0 Å². The molecule has 2 rings (SSSR count). The third-order valence-corrected chi connectivity index (χ3v) is 3.61. The van der Waals surface area contributed by atoms with Crippen LogP contribution in [0.2, 0.25) is 15.2 Å². The number of hydrogen-bond donors (Lipinski definition) is 1. The third-order valence-electron chi connectivity index (χ3n) is 2.65. The van der Waals surface area contributed by atoms with Crippen LogP contribution in [0.1, 0.15) is 19.3 Å². The Bertz CT molecular complexity index is 486. The van der Waals surface area contributed by atoms with Crippen LogP contribution >= 0.6 is 34.8 Å². The van der Waals surface area contributed by atoms with Gasteiger partial charge in [-0.3, -0.25) is 5.43 Å². The Labute approximate surface area is 121 Å². The molecule has 0 radical (unpaired) electrons. The predicted octanol–water partition coefficient (Wildman–Crippen LogP) is 4.80. The van der Waals surface area contributed by atoms with Gasteiger partial charge in [-0.05, 0) is 31.2 Å². The van der Waals surface area contributed by atoms with Gasteiger partial charge in [0.2, 0.25) is 0 Å². The van der Waals surface area contributed by atoms with E-state index >= 15 is 0 Å². The van der Waals surface area contributed by atoms with E-state index in [1.165, 1.54) is 0 Å². The number of allylic oxidation sites excluding steroid dienone is 2. The topological polar surface area (TPSA) is 37.3 Å². The molecule has 3 nitrogen and oxygen atoms in total. The number of anilines is 1. The quantitative estimate of drug-likeness (QED) is 0.377. The van der Waals surface area contributed by atoms with Crippen LogP contribution in [-0.4, -0.2) is 11.2 Å². The lowest BCUT2D eigenvalue weighted by atomic mass is 9.96. The zero-order chi connectivity index (χ0) is 13.0. The number of nitrogens with zero attached hydrogens (tertiary/aromatic N) is 2. The molecule has 1 heterocycles. The van der Waals surface area contributed by atoms with Gasteiger partial charge in [0.1, 0.15) is 5.15 Å². The molecule has 1 atom stereocenters. The number of hydrogen-bond acceptors (Lipinski definition) is 3. The first-order valence-electron chi connectivity index (χ1n) is 5.62. The summed E-state index contributed by atoms with van der Waals surface area (Å²) in [5.74, 6) is 0.873. The average molecular weight is 305 g/mol. The summed E-state index contributed by atoms with van der Waals surface area (Å²) >= 11 is 17.6. The van der Waals surface area contributed by atoms with Crippen LogP contribution in [0.25, 0.3) is 0 Å². The normalized spacial score (nSPS) is 19.4. The van der Waals surface area contributed by atoms with Crippen molar-refractivity contribution in [3.63, 3.8) is 0 Å². The Morgan fingerprint density at radius 1 is 1.28 bits per heavy atom. The molecule has 18 heavy (non-hydrogen) atoms. The van der Waals surface area contributed by atoms with Crippen LogP contribution in [-0.2, 0) is 0 Å². The van der Waals surface area contributed by atoms with Gasteiger partial charge in [0.05, 0.1) is 10.0 Å². The van der Waals surface area contributed by atoms with Crippen LogP contribution < -0.4 is 5.43 Å². The number of pyridine rings is 1. The molecule has 0 aromatic carbocycles. The van der Waals surface area contributed by atoms with Crippen molar-refractivity contribution in [2.45, 2.75) is 19.3 Å². The predicted molar refractivity (Wildman–Crippen MR) is 77.9 cm³/mol. The second-order valence-corrected chi connectivity index (χ2v) is 5.20. The van der Waals surface area contributed by atoms with E-state index in [1.807, 2.05) is 6.21 Å². The van der Waals surface area contributed by atoms with Gasteiger partial charge < -0.3 is 0 Å². The van der Waals surface area contributed by atoms with E-state index in [9.17, 15) is 0 Å². The fraction of sp³-hybridized carbons (Fsp3) is 0.333. The van der Waals surface area contributed by atoms with Gasteiger partial charge in [-0.2, -0.15) is 5.10 Å². The lowest BCUT2D eigenvalue weighted by molar-refractivity contribution is 0.627. The summed E-state index contributed by atoms with van der Waals surface area (Å²) in [4.78, 5) is 4.02. The molecule has 1 aromatic rings. The van der Waals surface area contributed by atoms with E-state index in [2.05, 4.69) is 27.7 Å². The zero-order valence-electron chi connectivity index (χ0n) is 9.54. The fourth-order valence-corrected chi connectivity index (χ4v) is 2.22. The van der Waals surface area contributed by atoms with E-state index in [0.717, 1.165) is 19.3 Å². The monoisotopic (exact) mass is 303 g/mol. The Hall–Kier alpha value is -0.770. The first-order valence-corrected chi connectivity index (χ1v) is 6.76. The number of halogens is 3. The lowest BCUT2D eigenvalue weighted by Crippen LogP contribution is -2.05. The maximum absolute atomic E-state index is 5.97. The van der Waals surface area contributed by atoms with Crippen LogP contribution in [0.4, 0.5) is 5.82 Å². The van der Waals surface area contributed by atoms with E-state index in [0.29, 0.717) is 21.8 Å². The van der Waals surface area contributed by atoms with Gasteiger partial charge in [-0.15, -0.1) is 0 Å². The first-order chi connectivity index (χ1) is 8.66. The second kappa shape index (κ2) is 6.41. The molecule has 0 fully saturated rings. The van der Waals surface area contributed by atoms with Crippen molar-refractivity contribution in [2.75, 3.05) is 5.43 Å². The Morgan fingerprint density at radius 3 is 2.83 bits per heavy atom. The first kappa shape index (κ1) is 13.7. The molecular formula is C12H12Cl3N3. The highest BCUT2D eigenvalue weighted by molar-refractivity contribution is 6.42. The van der Waals surface area contributed by atoms with Crippen molar-refractivity contribution in [1.82, 2.24) is 4.98 Å². The second-order valence-electron chi connectivity index (χ2n) is 4.03. The Kier molecular flexibility index (Phi) is 4.87. The Morgan fingerprint density at radius 2 is 2.11 bits per heavy atom. The van der Waals surface area contributed by atoms with Gasteiger partial charge >= 0.3 is 0 Å². The maximum Gasteiger partial charge on any atom is 0.166 e. The van der Waals surface area contributed by atoms with E-state index < -0.39 is 0 Å². The standard InChI is InChI=1S/C12H12Cl3N3/c13-9-6-10(14)12(17-11(9)15)18-16-7-8-4-2-1-3-5-8/h1-2,6-8H,3-5H2,(H,17,18). The maximum atomic E-state index is 5.97. The summed E-state index contributed by atoms with van der Waals surface area (Å²) < 4.78 is 0. The van der Waals surface area contributed by atoms with Gasteiger partial charge in [0.25, 0.3) is 0 Å². The number of rotatable bonds is 3. The molecule has 96 valence electrons. The van der Waals surface area contributed by atoms with Gasteiger partial charge in [-0.25, -0.2) is 4.98 Å². The molecule has 0 bridgehead atoms. The molecule has 0 amide bonds. The zero-order valence-corrected chi connectivity index (χ0v) is 11.8. The van der Waals surface area contributed by atoms with Crippen LogP contribution in [0.15, 0.2) is 23.3 Å². The highest BCUT2D eigenvalue weighted by atomic mass is 35.5. The molecule has 1 unspecified atom stereocenters. The average Bonchev–Trinajstić information content (AvgIpc) is 2.37. The Balaban J connectivity index is 1.99. The lowest BCUT2D eigenvalue weighted by Gasteiger charge is -2.12. The van der Waals surface area contributed by atoms with E-state index in [1.54, 1.807) is 6.07 Å². The summed E-state index contributed by atoms with van der Waals surface area (Å²) in [5, 5.41) is 5.07. The minimum atomic E-state index is 0.208. The number of aromatic nitrogens is 1. The molecule has 0 spiro atoms. The SMILES string of the molecule is Clc1cc(Cl)c(NN=CC2CC=CCC2)nc1Cl. The fourth-order valence-electron chi connectivity index (χ4n) is 1.68. The molecule has 0 aliphatic heterocycles. The van der Waals surface area contributed by atoms with Crippen molar-refractivity contribution >= 4 is 46.8 Å². The number of hydrazone groups is 1. The van der Waals surface area contributed by atoms with Crippen molar-refractivity contribution in [3.8, 4) is 0 Å². The minimum Gasteiger partial charge on any atom is -0.260 e. The molecule has 1 aliphatic carbocycles. The smallest absolute Gasteiger partial charge is 0.166 e. The molecular weight excluding hydrogens is 293 g/mol. The van der Waals surface area contributed by atoms with Gasteiger partial charge in [0.15, 0.2) is 5.82 Å². The van der Waals surface area contributed by atoms with E-state index in [4.69, 9.17) is 34.8 Å². The molecule has 0 saturated heterocycles. The molecule has 0 saturated carbocycles. The largest absolute Gasteiger partial charge is 0.260 e. The highest BCUT2D eigenvalue weighted by Gasteiger charge is 2.08. The summed E-state index contributed by atoms with van der Waals surface area (Å²) in [6.45, 7) is 0.